The average Bonchev–Trinajstić information content (AvgIpc) is 3.76. The van der Waals surface area contributed by atoms with Gasteiger partial charge in [-0.3, -0.25) is 4.79 Å². The summed E-state index contributed by atoms with van der Waals surface area (Å²) in [6, 6.07) is 0. The lowest BCUT2D eigenvalue weighted by Crippen LogP contribution is -2.63. The highest BCUT2D eigenvalue weighted by molar-refractivity contribution is 5.67. The number of fused-ring (bicyclic) bond motifs is 3. The average molecular weight is 817 g/mol. The van der Waals surface area contributed by atoms with Crippen molar-refractivity contribution in [2.75, 3.05) is 6.61 Å². The first-order valence-corrected chi connectivity index (χ1v) is 22.2. The van der Waals surface area contributed by atoms with E-state index in [9.17, 15) is 15.0 Å². The number of ether oxygens (including phenoxy) is 11. The van der Waals surface area contributed by atoms with Gasteiger partial charge >= 0.3 is 5.97 Å². The van der Waals surface area contributed by atoms with E-state index in [0.29, 0.717) is 38.7 Å². The number of hydrogen-bond donors (Lipinski definition) is 2. The summed E-state index contributed by atoms with van der Waals surface area (Å²) in [7, 11) is 0. The molecular formula is C44H64O14. The Morgan fingerprint density at radius 2 is 1.48 bits per heavy atom. The Morgan fingerprint density at radius 1 is 0.724 bits per heavy atom. The van der Waals surface area contributed by atoms with Crippen LogP contribution in [0.15, 0.2) is 24.3 Å². The van der Waals surface area contributed by atoms with Gasteiger partial charge in [-0.15, -0.1) is 0 Å². The fraction of sp³-hybridized carbons (Fsp3) is 0.886. The maximum atomic E-state index is 11.5. The molecule has 2 N–H and O–H groups in total. The van der Waals surface area contributed by atoms with E-state index < -0.39 is 35.9 Å². The molecule has 0 aromatic rings. The summed E-state index contributed by atoms with van der Waals surface area (Å²) >= 11 is 0. The van der Waals surface area contributed by atoms with Gasteiger partial charge in [-0.25, -0.2) is 0 Å². The maximum Gasteiger partial charge on any atom is 0.305 e. The Kier molecular flexibility index (Phi) is 10.7. The molecule has 0 aromatic carbocycles. The van der Waals surface area contributed by atoms with Crippen molar-refractivity contribution >= 4 is 5.97 Å². The largest absolute Gasteiger partial charge is 0.481 e. The lowest BCUT2D eigenvalue weighted by molar-refractivity contribution is -0.355. The zero-order valence-corrected chi connectivity index (χ0v) is 34.4. The smallest absolute Gasteiger partial charge is 0.305 e. The molecule has 0 amide bonds. The number of aliphatic carboxylic acids is 1. The molecule has 11 rings (SSSR count). The third-order valence-electron chi connectivity index (χ3n) is 15.2. The van der Waals surface area contributed by atoms with E-state index in [1.807, 2.05) is 13.8 Å². The first-order valence-electron chi connectivity index (χ1n) is 22.2. The molecule has 4 unspecified atom stereocenters. The lowest BCUT2D eigenvalue weighted by atomic mass is 9.79. The van der Waals surface area contributed by atoms with Gasteiger partial charge in [0.15, 0.2) is 11.6 Å². The van der Waals surface area contributed by atoms with Gasteiger partial charge in [-0.2, -0.15) is 0 Å². The van der Waals surface area contributed by atoms with Crippen molar-refractivity contribution in [1.82, 2.24) is 0 Å². The summed E-state index contributed by atoms with van der Waals surface area (Å²) in [6.45, 7) is 17.5. The first-order chi connectivity index (χ1) is 27.7. The number of carboxylic acids is 1. The van der Waals surface area contributed by atoms with Crippen LogP contribution in [0.1, 0.15) is 105 Å². The van der Waals surface area contributed by atoms with Crippen LogP contribution in [0.5, 0.6) is 0 Å². The van der Waals surface area contributed by atoms with Crippen molar-refractivity contribution in [2.45, 2.75) is 226 Å². The first kappa shape index (κ1) is 40.5. The van der Waals surface area contributed by atoms with Crippen molar-refractivity contribution < 1.29 is 67.1 Å². The number of carboxylic acid groups (broad SMARTS) is 1. The molecule has 11 saturated heterocycles. The number of carbonyl (C=O) groups is 1. The molecule has 324 valence electrons. The molecule has 58 heavy (non-hydrogen) atoms. The molecule has 14 heteroatoms. The highest BCUT2D eigenvalue weighted by Gasteiger charge is 2.69. The number of aliphatic hydroxyl groups excluding tert-OH is 1. The molecule has 11 heterocycles. The normalized spacial score (nSPS) is 52.8. The second-order valence-corrected chi connectivity index (χ2v) is 19.7. The van der Waals surface area contributed by atoms with Crippen LogP contribution in [0.3, 0.4) is 0 Å². The quantitative estimate of drug-likeness (QED) is 0.297. The molecule has 0 aromatic heterocycles. The lowest BCUT2D eigenvalue weighted by Gasteiger charge is -2.53. The third-order valence-corrected chi connectivity index (χ3v) is 15.2. The summed E-state index contributed by atoms with van der Waals surface area (Å²) in [6.07, 6.45) is 3.80. The summed E-state index contributed by atoms with van der Waals surface area (Å²) < 4.78 is 71.5. The van der Waals surface area contributed by atoms with Crippen LogP contribution in [0.4, 0.5) is 0 Å². The van der Waals surface area contributed by atoms with Gasteiger partial charge < -0.3 is 62.3 Å². The summed E-state index contributed by atoms with van der Waals surface area (Å²) in [5, 5.41) is 20.9. The fourth-order valence-corrected chi connectivity index (χ4v) is 12.1. The minimum absolute atomic E-state index is 0.00215. The van der Waals surface area contributed by atoms with E-state index in [2.05, 4.69) is 27.0 Å². The summed E-state index contributed by atoms with van der Waals surface area (Å²) in [4.78, 5) is 11.5. The minimum Gasteiger partial charge on any atom is -0.481 e. The second kappa shape index (κ2) is 15.4. The van der Waals surface area contributed by atoms with Crippen LogP contribution >= 0.6 is 0 Å². The predicted octanol–water partition coefficient (Wildman–Crippen LogP) is 4.51. The molecule has 0 saturated carbocycles. The van der Waals surface area contributed by atoms with Crippen LogP contribution in [0, 0.1) is 11.8 Å². The number of rotatable bonds is 10. The van der Waals surface area contributed by atoms with Crippen LogP contribution in [-0.2, 0) is 56.9 Å². The van der Waals surface area contributed by atoms with Gasteiger partial charge in [0, 0.05) is 31.6 Å². The predicted molar refractivity (Wildman–Crippen MR) is 204 cm³/mol. The van der Waals surface area contributed by atoms with E-state index >= 15 is 0 Å². The Bertz CT molecular complexity index is 1590. The number of aliphatic hydroxyl groups is 1. The molecule has 6 bridgehead atoms. The molecule has 11 aliphatic rings. The van der Waals surface area contributed by atoms with Crippen LogP contribution in [-0.4, -0.2) is 144 Å². The van der Waals surface area contributed by atoms with Gasteiger partial charge in [0.05, 0.1) is 86.3 Å². The van der Waals surface area contributed by atoms with Gasteiger partial charge in [0.1, 0.15) is 36.6 Å². The van der Waals surface area contributed by atoms with E-state index in [1.54, 1.807) is 0 Å². The number of hydrogen-bond acceptors (Lipinski definition) is 13. The Labute approximate surface area is 341 Å². The van der Waals surface area contributed by atoms with Crippen molar-refractivity contribution in [3.05, 3.63) is 24.3 Å². The topological polar surface area (TPSA) is 159 Å². The van der Waals surface area contributed by atoms with Crippen molar-refractivity contribution in [3.8, 4) is 0 Å². The zero-order chi connectivity index (χ0) is 40.2. The van der Waals surface area contributed by atoms with Crippen molar-refractivity contribution in [1.29, 1.82) is 0 Å². The van der Waals surface area contributed by atoms with E-state index in [1.165, 1.54) is 0 Å². The molecule has 11 fully saturated rings. The van der Waals surface area contributed by atoms with Crippen molar-refractivity contribution in [2.24, 2.45) is 11.8 Å². The molecule has 0 spiro atoms. The Morgan fingerprint density at radius 3 is 2.31 bits per heavy atom. The molecule has 11 aliphatic heterocycles. The molecule has 14 nitrogen and oxygen atoms in total. The van der Waals surface area contributed by atoms with Crippen LogP contribution < -0.4 is 0 Å². The zero-order valence-electron chi connectivity index (χ0n) is 34.4. The van der Waals surface area contributed by atoms with E-state index in [4.69, 9.17) is 52.1 Å². The van der Waals surface area contributed by atoms with Crippen molar-refractivity contribution in [3.63, 3.8) is 0 Å². The summed E-state index contributed by atoms with van der Waals surface area (Å²) in [5.41, 5.74) is 2.16. The van der Waals surface area contributed by atoms with E-state index in [-0.39, 0.29) is 110 Å². The molecule has 21 atom stereocenters. The molecule has 0 aliphatic carbocycles. The van der Waals surface area contributed by atoms with Crippen LogP contribution in [0.2, 0.25) is 0 Å². The van der Waals surface area contributed by atoms with Gasteiger partial charge in [-0.05, 0) is 75.9 Å². The highest BCUT2D eigenvalue weighted by atomic mass is 16.8. The maximum absolute atomic E-state index is 11.5. The van der Waals surface area contributed by atoms with Gasteiger partial charge in [0.2, 0.25) is 0 Å². The second-order valence-electron chi connectivity index (χ2n) is 19.7. The van der Waals surface area contributed by atoms with E-state index in [0.717, 1.165) is 49.7 Å². The molecule has 0 radical (unpaired) electrons. The monoisotopic (exact) mass is 816 g/mol. The molecular weight excluding hydrogens is 752 g/mol. The SMILES string of the molecule is C=C1CC(CC[C@@]23C[C@H]4OC5C(O2)[C@H]2O[C@@H](CC(=O)O)CC[C@@H]2O[C@H]5C4O3)O[C@H]1CC[C@H]1C[C@@H](C)C(=C)[C@@H](C[C@@H]2O[C@H]3C[C@H]4OC(C)(C)OC[C@H]4O[C@H]3[C@H](C)[C@H]2O)O1. The Balaban J connectivity index is 0.725. The van der Waals surface area contributed by atoms with Crippen LogP contribution in [0.25, 0.3) is 0 Å². The minimum atomic E-state index is -0.866. The van der Waals surface area contributed by atoms with Gasteiger partial charge in [-0.1, -0.05) is 27.0 Å². The Hall–Kier alpha value is -1.53. The fourth-order valence-electron chi connectivity index (χ4n) is 12.1. The summed E-state index contributed by atoms with van der Waals surface area (Å²) in [5.74, 6) is -2.19. The van der Waals surface area contributed by atoms with Gasteiger partial charge in [0.25, 0.3) is 0 Å². The standard InChI is InChI=1S/C44H64O14/c1-20-13-24(50-29(22(20)3)16-31-36(47)23(4)37-32(52-31)17-30-34(55-37)19-48-43(5,6)56-30)7-9-27-21(2)14-26(49-27)11-12-44-18-33-39(57-44)40-41(54-33)42(58-44)38-28(53-40)10-8-25(51-38)15-35(45)46/h20,23-34,36-42,47H,2-3,7-19H2,1,4-6H3,(H,45,46)/t20-,23-,24+,25-,26?,27+,28+,29-,30-,31+,32+,33-,34-,36-,37+,38+,39?,40+,41?,42?,44+/m1/s1. The highest BCUT2D eigenvalue weighted by Crippen LogP contribution is 2.54. The third kappa shape index (κ3) is 7.46.